The van der Waals surface area contributed by atoms with Crippen LogP contribution in [0.2, 0.25) is 0 Å². The predicted molar refractivity (Wildman–Crippen MR) is 94.2 cm³/mol. The van der Waals surface area contributed by atoms with Crippen LogP contribution in [0, 0.1) is 11.8 Å². The van der Waals surface area contributed by atoms with Gasteiger partial charge in [0.25, 0.3) is 0 Å². The molecule has 124 valence electrons. The second-order valence-corrected chi connectivity index (χ2v) is 6.48. The lowest BCUT2D eigenvalue weighted by atomic mass is 9.77. The molecule has 1 aromatic rings. The molecule has 0 radical (unpaired) electrons. The molecule has 1 amide bonds. The molecule has 0 bridgehead atoms. The van der Waals surface area contributed by atoms with Gasteiger partial charge in [0.1, 0.15) is 0 Å². The highest BCUT2D eigenvalue weighted by molar-refractivity contribution is 5.85. The summed E-state index contributed by atoms with van der Waals surface area (Å²) in [5.41, 5.74) is 7.02. The molecule has 0 aromatic heterocycles. The van der Waals surface area contributed by atoms with E-state index in [2.05, 4.69) is 42.6 Å². The fourth-order valence-electron chi connectivity index (χ4n) is 3.13. The third-order valence-electron chi connectivity index (χ3n) is 4.64. The average Bonchev–Trinajstić information content (AvgIpc) is 2.54. The van der Waals surface area contributed by atoms with E-state index in [1.54, 1.807) is 0 Å². The van der Waals surface area contributed by atoms with Gasteiger partial charge in [0.05, 0.1) is 0 Å². The van der Waals surface area contributed by atoms with Crippen LogP contribution >= 0.6 is 12.4 Å². The van der Waals surface area contributed by atoms with Crippen LogP contribution in [0.15, 0.2) is 30.3 Å². The van der Waals surface area contributed by atoms with Crippen LogP contribution in [0.25, 0.3) is 0 Å². The molecule has 1 aliphatic rings. The van der Waals surface area contributed by atoms with Crippen molar-refractivity contribution < 1.29 is 4.79 Å². The Hall–Kier alpha value is -1.06. The van der Waals surface area contributed by atoms with Gasteiger partial charge < -0.3 is 11.1 Å². The summed E-state index contributed by atoms with van der Waals surface area (Å²) in [4.78, 5) is 11.9. The maximum atomic E-state index is 11.9. The van der Waals surface area contributed by atoms with Crippen molar-refractivity contribution in [3.8, 4) is 0 Å². The highest BCUT2D eigenvalue weighted by atomic mass is 35.5. The first-order valence-corrected chi connectivity index (χ1v) is 8.20. The van der Waals surface area contributed by atoms with Gasteiger partial charge in [-0.3, -0.25) is 4.79 Å². The van der Waals surface area contributed by atoms with Crippen LogP contribution in [0.1, 0.15) is 50.5 Å². The number of rotatable bonds is 6. The van der Waals surface area contributed by atoms with Crippen LogP contribution in [0.3, 0.4) is 0 Å². The first kappa shape index (κ1) is 19.0. The molecule has 2 rings (SSSR count). The minimum Gasteiger partial charge on any atom is -0.356 e. The van der Waals surface area contributed by atoms with Gasteiger partial charge in [0, 0.05) is 13.0 Å². The number of amides is 1. The molecule has 0 saturated heterocycles. The van der Waals surface area contributed by atoms with E-state index in [1.807, 2.05) is 0 Å². The van der Waals surface area contributed by atoms with Crippen LogP contribution in [0.4, 0.5) is 0 Å². The highest BCUT2D eigenvalue weighted by Gasteiger charge is 2.23. The van der Waals surface area contributed by atoms with Crippen molar-refractivity contribution in [2.24, 2.45) is 17.6 Å². The maximum Gasteiger partial charge on any atom is 0.220 e. The summed E-state index contributed by atoms with van der Waals surface area (Å²) >= 11 is 0. The summed E-state index contributed by atoms with van der Waals surface area (Å²) in [6.07, 6.45) is 5.43. The monoisotopic (exact) mass is 324 g/mol. The van der Waals surface area contributed by atoms with E-state index in [4.69, 9.17) is 5.73 Å². The average molecular weight is 325 g/mol. The summed E-state index contributed by atoms with van der Waals surface area (Å²) in [5.74, 6) is 1.79. The summed E-state index contributed by atoms with van der Waals surface area (Å²) < 4.78 is 0. The minimum atomic E-state index is 0. The van der Waals surface area contributed by atoms with Crippen LogP contribution in [0.5, 0.6) is 0 Å². The molecule has 1 atom stereocenters. The largest absolute Gasteiger partial charge is 0.356 e. The second kappa shape index (κ2) is 9.86. The molecule has 1 saturated carbocycles. The van der Waals surface area contributed by atoms with Crippen molar-refractivity contribution in [1.29, 1.82) is 0 Å². The fraction of sp³-hybridized carbons (Fsp3) is 0.611. The van der Waals surface area contributed by atoms with Gasteiger partial charge >= 0.3 is 0 Å². The lowest BCUT2D eigenvalue weighted by Crippen LogP contribution is -2.32. The lowest BCUT2D eigenvalue weighted by molar-refractivity contribution is -0.122. The Morgan fingerprint density at radius 1 is 1.23 bits per heavy atom. The zero-order chi connectivity index (χ0) is 15.1. The smallest absolute Gasteiger partial charge is 0.220 e. The van der Waals surface area contributed by atoms with Gasteiger partial charge in [-0.25, -0.2) is 0 Å². The Kier molecular flexibility index (Phi) is 8.51. The van der Waals surface area contributed by atoms with Crippen molar-refractivity contribution in [3.05, 3.63) is 35.9 Å². The van der Waals surface area contributed by atoms with E-state index in [9.17, 15) is 4.79 Å². The van der Waals surface area contributed by atoms with E-state index in [1.165, 1.54) is 31.2 Å². The topological polar surface area (TPSA) is 55.1 Å². The summed E-state index contributed by atoms with van der Waals surface area (Å²) in [5, 5.41) is 3.00. The standard InChI is InChI=1S/C18H28N2O.ClH/c1-14(12-19)13-20-18(21)11-15-7-9-17(10-8-15)16-5-3-2-4-6-16;/h2-6,14-15,17H,7-13,19H2,1H3,(H,20,21);1H. The van der Waals surface area contributed by atoms with Gasteiger partial charge in [-0.2, -0.15) is 0 Å². The highest BCUT2D eigenvalue weighted by Crippen LogP contribution is 2.36. The van der Waals surface area contributed by atoms with Gasteiger partial charge in [0.2, 0.25) is 5.91 Å². The number of benzene rings is 1. The molecule has 3 nitrogen and oxygen atoms in total. The molecule has 3 N–H and O–H groups in total. The number of hydrogen-bond donors (Lipinski definition) is 2. The molecule has 0 spiro atoms. The Bertz CT molecular complexity index is 430. The number of nitrogens with two attached hydrogens (primary N) is 1. The van der Waals surface area contributed by atoms with Crippen molar-refractivity contribution in [3.63, 3.8) is 0 Å². The number of hydrogen-bond acceptors (Lipinski definition) is 2. The van der Waals surface area contributed by atoms with Crippen molar-refractivity contribution in [2.75, 3.05) is 13.1 Å². The number of carbonyl (C=O) groups excluding carboxylic acids is 1. The van der Waals surface area contributed by atoms with Crippen LogP contribution in [-0.2, 0) is 4.79 Å². The number of carbonyl (C=O) groups is 1. The molecule has 4 heteroatoms. The summed E-state index contributed by atoms with van der Waals surface area (Å²) in [6, 6.07) is 10.8. The molecule has 1 aliphatic carbocycles. The molecule has 0 heterocycles. The third-order valence-corrected chi connectivity index (χ3v) is 4.64. The zero-order valence-corrected chi connectivity index (χ0v) is 14.3. The number of halogens is 1. The van der Waals surface area contributed by atoms with E-state index in [0.29, 0.717) is 37.3 Å². The quantitative estimate of drug-likeness (QED) is 0.841. The number of nitrogens with one attached hydrogen (secondary N) is 1. The van der Waals surface area contributed by atoms with E-state index in [0.717, 1.165) is 0 Å². The first-order valence-electron chi connectivity index (χ1n) is 8.20. The summed E-state index contributed by atoms with van der Waals surface area (Å²) in [7, 11) is 0. The normalized spacial score (nSPS) is 22.5. The Balaban J connectivity index is 0.00000242. The minimum absolute atomic E-state index is 0. The SMILES string of the molecule is CC(CN)CNC(=O)CC1CCC(c2ccccc2)CC1.Cl. The van der Waals surface area contributed by atoms with Crippen molar-refractivity contribution in [2.45, 2.75) is 44.9 Å². The lowest BCUT2D eigenvalue weighted by Gasteiger charge is -2.28. The molecular weight excluding hydrogens is 296 g/mol. The van der Waals surface area contributed by atoms with Crippen LogP contribution in [-0.4, -0.2) is 19.0 Å². The molecule has 1 aromatic carbocycles. The van der Waals surface area contributed by atoms with Crippen molar-refractivity contribution >= 4 is 18.3 Å². The molecule has 0 aliphatic heterocycles. The van der Waals surface area contributed by atoms with Crippen LogP contribution < -0.4 is 11.1 Å². The Morgan fingerprint density at radius 3 is 2.45 bits per heavy atom. The third kappa shape index (κ3) is 5.98. The van der Waals surface area contributed by atoms with E-state index < -0.39 is 0 Å². The maximum absolute atomic E-state index is 11.9. The zero-order valence-electron chi connectivity index (χ0n) is 13.5. The van der Waals surface area contributed by atoms with E-state index >= 15 is 0 Å². The summed E-state index contributed by atoms with van der Waals surface area (Å²) in [6.45, 7) is 3.39. The van der Waals surface area contributed by atoms with Crippen molar-refractivity contribution in [1.82, 2.24) is 5.32 Å². The fourth-order valence-corrected chi connectivity index (χ4v) is 3.13. The Labute approximate surface area is 140 Å². The van der Waals surface area contributed by atoms with Gasteiger partial charge in [-0.05, 0) is 55.5 Å². The molecule has 1 fully saturated rings. The van der Waals surface area contributed by atoms with Gasteiger partial charge in [0.15, 0.2) is 0 Å². The second-order valence-electron chi connectivity index (χ2n) is 6.48. The van der Waals surface area contributed by atoms with E-state index in [-0.39, 0.29) is 18.3 Å². The molecule has 22 heavy (non-hydrogen) atoms. The first-order chi connectivity index (χ1) is 10.2. The Morgan fingerprint density at radius 2 is 1.86 bits per heavy atom. The van der Waals surface area contributed by atoms with Gasteiger partial charge in [-0.15, -0.1) is 12.4 Å². The molecule has 1 unspecified atom stereocenters. The molecular formula is C18H29ClN2O. The van der Waals surface area contributed by atoms with Gasteiger partial charge in [-0.1, -0.05) is 37.3 Å². The predicted octanol–water partition coefficient (Wildman–Crippen LogP) is 3.48.